The summed E-state index contributed by atoms with van der Waals surface area (Å²) in [5, 5.41) is 5.46. The predicted molar refractivity (Wildman–Crippen MR) is 124 cm³/mol. The first-order chi connectivity index (χ1) is 17.0. The van der Waals surface area contributed by atoms with E-state index in [2.05, 4.69) is 10.6 Å². The van der Waals surface area contributed by atoms with Gasteiger partial charge in [0.05, 0.1) is 35.5 Å². The van der Waals surface area contributed by atoms with Gasteiger partial charge in [0.2, 0.25) is 5.91 Å². The van der Waals surface area contributed by atoms with E-state index in [0.717, 1.165) is 18.9 Å². The highest BCUT2D eigenvalue weighted by Gasteiger charge is 2.49. The fourth-order valence-electron chi connectivity index (χ4n) is 5.24. The maximum atomic E-state index is 13.8. The number of hydrogen-bond acceptors (Lipinski definition) is 4. The van der Waals surface area contributed by atoms with Crippen molar-refractivity contribution in [3.05, 3.63) is 46.7 Å². The van der Waals surface area contributed by atoms with Gasteiger partial charge in [-0.2, -0.15) is 13.2 Å². The minimum absolute atomic E-state index is 0.0453. The van der Waals surface area contributed by atoms with Crippen molar-refractivity contribution in [1.82, 2.24) is 20.4 Å². The Bertz CT molecular complexity index is 1070. The number of ether oxygens (including phenoxy) is 1. The Balaban J connectivity index is 1.68. The van der Waals surface area contributed by atoms with E-state index in [4.69, 9.17) is 4.74 Å². The molecule has 8 nitrogen and oxygen atoms in total. The Morgan fingerprint density at radius 2 is 1.97 bits per heavy atom. The highest BCUT2D eigenvalue weighted by molar-refractivity contribution is 6.03. The van der Waals surface area contributed by atoms with Crippen LogP contribution in [0.3, 0.4) is 0 Å². The van der Waals surface area contributed by atoms with E-state index in [0.29, 0.717) is 18.8 Å². The van der Waals surface area contributed by atoms with E-state index in [1.165, 1.54) is 28.0 Å². The highest BCUT2D eigenvalue weighted by Crippen LogP contribution is 2.42. The standard InChI is InChI=1S/C25H31F3N4O4/c1-4-31-18-13-32(21(14(2)3)22(33)29-12-15-8-7-11-36-15)23(34)19(18)20(30-24(31)35)16-9-5-6-10-17(16)25(26,27)28/h5-6,9-10,14-15,20-21H,4,7-8,11-13H2,1-3H3,(H,29,33)(H,30,35)/t15-,20-,21-/m1/s1. The molecule has 1 aromatic rings. The molecule has 0 aromatic heterocycles. The van der Waals surface area contributed by atoms with Gasteiger partial charge in [0, 0.05) is 19.7 Å². The molecule has 0 unspecified atom stereocenters. The van der Waals surface area contributed by atoms with Gasteiger partial charge in [-0.1, -0.05) is 32.0 Å². The molecular formula is C25H31F3N4O4. The number of hydrogen-bond donors (Lipinski definition) is 2. The number of rotatable bonds is 7. The maximum Gasteiger partial charge on any atom is 0.416 e. The number of carbonyl (C=O) groups is 3. The van der Waals surface area contributed by atoms with Crippen LogP contribution >= 0.6 is 0 Å². The second kappa shape index (κ2) is 10.1. The molecular weight excluding hydrogens is 477 g/mol. The first-order valence-electron chi connectivity index (χ1n) is 12.2. The first kappa shape index (κ1) is 26.0. The van der Waals surface area contributed by atoms with Gasteiger partial charge in [-0.3, -0.25) is 14.5 Å². The van der Waals surface area contributed by atoms with Crippen LogP contribution in [0.2, 0.25) is 0 Å². The number of carbonyl (C=O) groups excluding carboxylic acids is 3. The molecule has 3 aliphatic rings. The van der Waals surface area contributed by atoms with Crippen LogP contribution in [0.25, 0.3) is 0 Å². The van der Waals surface area contributed by atoms with Crippen LogP contribution in [0.5, 0.6) is 0 Å². The molecule has 2 N–H and O–H groups in total. The van der Waals surface area contributed by atoms with Gasteiger partial charge in [-0.05, 0) is 37.3 Å². The van der Waals surface area contributed by atoms with Gasteiger partial charge >= 0.3 is 12.2 Å². The third kappa shape index (κ3) is 4.80. The number of urea groups is 1. The van der Waals surface area contributed by atoms with Crippen molar-refractivity contribution < 1.29 is 32.3 Å². The molecule has 0 aliphatic carbocycles. The van der Waals surface area contributed by atoms with Gasteiger partial charge in [0.25, 0.3) is 5.91 Å². The van der Waals surface area contributed by atoms with Crippen molar-refractivity contribution in [1.29, 1.82) is 0 Å². The second-order valence-corrected chi connectivity index (χ2v) is 9.57. The number of amides is 4. The van der Waals surface area contributed by atoms with Crippen molar-refractivity contribution >= 4 is 17.8 Å². The molecule has 3 heterocycles. The summed E-state index contributed by atoms with van der Waals surface area (Å²) in [6.07, 6.45) is -2.99. The van der Waals surface area contributed by atoms with Crippen molar-refractivity contribution in [2.24, 2.45) is 5.92 Å². The quantitative estimate of drug-likeness (QED) is 0.592. The van der Waals surface area contributed by atoms with Gasteiger partial charge in [-0.15, -0.1) is 0 Å². The van der Waals surface area contributed by atoms with Crippen LogP contribution in [0.4, 0.5) is 18.0 Å². The van der Waals surface area contributed by atoms with Crippen LogP contribution in [0, 0.1) is 5.92 Å². The fourth-order valence-corrected chi connectivity index (χ4v) is 5.24. The second-order valence-electron chi connectivity index (χ2n) is 9.57. The molecule has 4 amide bonds. The Morgan fingerprint density at radius 1 is 1.25 bits per heavy atom. The van der Waals surface area contributed by atoms with Crippen LogP contribution in [-0.4, -0.2) is 66.0 Å². The zero-order chi connectivity index (χ0) is 26.2. The Morgan fingerprint density at radius 3 is 2.58 bits per heavy atom. The van der Waals surface area contributed by atoms with Gasteiger partial charge in [0.1, 0.15) is 6.04 Å². The zero-order valence-corrected chi connectivity index (χ0v) is 20.5. The number of nitrogens with one attached hydrogen (secondary N) is 2. The Kier molecular flexibility index (Phi) is 7.31. The van der Waals surface area contributed by atoms with Crippen molar-refractivity contribution in [2.75, 3.05) is 26.2 Å². The van der Waals surface area contributed by atoms with Crippen LogP contribution in [0.15, 0.2) is 35.5 Å². The molecule has 0 saturated carbocycles. The van der Waals surface area contributed by atoms with Crippen molar-refractivity contribution in [3.8, 4) is 0 Å². The molecule has 1 saturated heterocycles. The molecule has 3 atom stereocenters. The summed E-state index contributed by atoms with van der Waals surface area (Å²) in [5.74, 6) is -1.20. The maximum absolute atomic E-state index is 13.8. The molecule has 11 heteroatoms. The summed E-state index contributed by atoms with van der Waals surface area (Å²) in [5.41, 5.74) is -0.745. The minimum Gasteiger partial charge on any atom is -0.376 e. The Hall–Kier alpha value is -3.08. The van der Waals surface area contributed by atoms with E-state index >= 15 is 0 Å². The topological polar surface area (TPSA) is 91.0 Å². The van der Waals surface area contributed by atoms with Crippen LogP contribution in [0.1, 0.15) is 50.8 Å². The van der Waals surface area contributed by atoms with Gasteiger partial charge in [0.15, 0.2) is 0 Å². The summed E-state index contributed by atoms with van der Waals surface area (Å²) in [6.45, 7) is 6.46. The van der Waals surface area contributed by atoms with Crippen LogP contribution in [-0.2, 0) is 20.5 Å². The molecule has 36 heavy (non-hydrogen) atoms. The highest BCUT2D eigenvalue weighted by atomic mass is 19.4. The lowest BCUT2D eigenvalue weighted by atomic mass is 9.91. The number of alkyl halides is 3. The molecule has 4 rings (SSSR count). The monoisotopic (exact) mass is 508 g/mol. The summed E-state index contributed by atoms with van der Waals surface area (Å²) in [4.78, 5) is 42.6. The van der Waals surface area contributed by atoms with E-state index in [1.54, 1.807) is 20.8 Å². The lowest BCUT2D eigenvalue weighted by Gasteiger charge is -2.33. The normalized spacial score (nSPS) is 23.3. The number of benzene rings is 1. The molecule has 0 bridgehead atoms. The molecule has 0 spiro atoms. The lowest BCUT2D eigenvalue weighted by molar-refractivity contribution is -0.139. The largest absolute Gasteiger partial charge is 0.416 e. The lowest BCUT2D eigenvalue weighted by Crippen LogP contribution is -2.52. The predicted octanol–water partition coefficient (Wildman–Crippen LogP) is 3.21. The van der Waals surface area contributed by atoms with Gasteiger partial charge in [-0.25, -0.2) is 4.79 Å². The summed E-state index contributed by atoms with van der Waals surface area (Å²) in [7, 11) is 0. The molecule has 196 valence electrons. The summed E-state index contributed by atoms with van der Waals surface area (Å²) in [6, 6.07) is 2.17. The summed E-state index contributed by atoms with van der Waals surface area (Å²) < 4.78 is 47.0. The SMILES string of the molecule is CCN1C(=O)N[C@H](c2ccccc2C(F)(F)F)C2=C1CN([C@@H](C(=O)NC[C@H]1CCCO1)C(C)C)C2=O. The van der Waals surface area contributed by atoms with E-state index in [1.807, 2.05) is 0 Å². The van der Waals surface area contributed by atoms with E-state index in [-0.39, 0.29) is 42.2 Å². The van der Waals surface area contributed by atoms with E-state index < -0.39 is 35.8 Å². The molecule has 1 fully saturated rings. The number of likely N-dealkylation sites (N-methyl/N-ethyl adjacent to an activating group) is 1. The molecule has 3 aliphatic heterocycles. The zero-order valence-electron chi connectivity index (χ0n) is 20.5. The summed E-state index contributed by atoms with van der Waals surface area (Å²) >= 11 is 0. The van der Waals surface area contributed by atoms with E-state index in [9.17, 15) is 27.6 Å². The average Bonchev–Trinajstić information content (AvgIpc) is 3.45. The van der Waals surface area contributed by atoms with Crippen molar-refractivity contribution in [3.63, 3.8) is 0 Å². The number of halogens is 3. The third-order valence-corrected chi connectivity index (χ3v) is 6.91. The smallest absolute Gasteiger partial charge is 0.376 e. The van der Waals surface area contributed by atoms with Gasteiger partial charge < -0.3 is 20.3 Å². The van der Waals surface area contributed by atoms with Crippen LogP contribution < -0.4 is 10.6 Å². The van der Waals surface area contributed by atoms with Crippen molar-refractivity contribution in [2.45, 2.75) is 58.0 Å². The molecule has 1 aromatic carbocycles. The average molecular weight is 509 g/mol. The third-order valence-electron chi connectivity index (χ3n) is 6.91. The minimum atomic E-state index is -4.67. The fraction of sp³-hybridized carbons (Fsp3) is 0.560. The first-order valence-corrected chi connectivity index (χ1v) is 12.2. The molecule has 0 radical (unpaired) electrons. The Labute approximate surface area is 207 Å². The number of nitrogens with zero attached hydrogens (tertiary/aromatic N) is 2.